The molecule has 72 valence electrons. The van der Waals surface area contributed by atoms with E-state index in [1.165, 1.54) is 12.1 Å². The minimum Gasteiger partial charge on any atom is -0.479 e. The Morgan fingerprint density at radius 3 is 2.15 bits per heavy atom. The zero-order chi connectivity index (χ0) is 10.3. The van der Waals surface area contributed by atoms with Crippen molar-refractivity contribution in [1.82, 2.24) is 0 Å². The van der Waals surface area contributed by atoms with Crippen LogP contribution in [0.5, 0.6) is 0 Å². The van der Waals surface area contributed by atoms with Crippen molar-refractivity contribution in [3.63, 3.8) is 0 Å². The van der Waals surface area contributed by atoms with E-state index >= 15 is 0 Å². The van der Waals surface area contributed by atoms with E-state index in [0.717, 1.165) is 0 Å². The van der Waals surface area contributed by atoms with E-state index in [9.17, 15) is 9.18 Å². The van der Waals surface area contributed by atoms with E-state index in [-0.39, 0.29) is 5.56 Å². The van der Waals surface area contributed by atoms with E-state index < -0.39 is 12.1 Å². The van der Waals surface area contributed by atoms with Crippen LogP contribution in [0.4, 0.5) is 4.39 Å². The summed E-state index contributed by atoms with van der Waals surface area (Å²) in [6, 6.07) is 7.80. The van der Waals surface area contributed by atoms with E-state index in [0.29, 0.717) is 0 Å². The number of rotatable bonds is 2. The second-order valence-corrected chi connectivity index (χ2v) is 2.11. The Morgan fingerprint density at radius 1 is 1.31 bits per heavy atom. The first-order valence-electron chi connectivity index (χ1n) is 4.13. The van der Waals surface area contributed by atoms with Gasteiger partial charge >= 0.3 is 5.97 Å². The Balaban J connectivity index is 0.000000671. The Bertz CT molecular complexity index is 246. The molecule has 0 saturated carbocycles. The number of hydrogen-bond acceptors (Lipinski definition) is 1. The Hall–Kier alpha value is -1.38. The largest absolute Gasteiger partial charge is 0.479 e. The summed E-state index contributed by atoms with van der Waals surface area (Å²) in [5, 5.41) is 8.26. The lowest BCUT2D eigenvalue weighted by molar-refractivity contribution is -0.143. The Labute approximate surface area is 77.0 Å². The van der Waals surface area contributed by atoms with Gasteiger partial charge in [-0.2, -0.15) is 0 Å². The summed E-state index contributed by atoms with van der Waals surface area (Å²) < 4.78 is 12.7. The van der Waals surface area contributed by atoms with Crippen LogP contribution >= 0.6 is 0 Å². The highest BCUT2D eigenvalue weighted by atomic mass is 19.1. The predicted octanol–water partition coefficient (Wildman–Crippen LogP) is 2.81. The summed E-state index contributed by atoms with van der Waals surface area (Å²) in [5.74, 6) is -1.45. The van der Waals surface area contributed by atoms with Crippen molar-refractivity contribution >= 4 is 5.97 Å². The van der Waals surface area contributed by atoms with Crippen LogP contribution in [-0.2, 0) is 4.79 Å². The van der Waals surface area contributed by atoms with Crippen molar-refractivity contribution in [3.8, 4) is 0 Å². The number of hydrogen-bond donors (Lipinski definition) is 1. The number of carbonyl (C=O) groups is 1. The fourth-order valence-corrected chi connectivity index (χ4v) is 0.765. The maximum atomic E-state index is 12.7. The standard InChI is InChI=1S/C8H7FO2.C2H6/c9-7(8(10)11)6-4-2-1-3-5-6;1-2/h1-5,7H,(H,10,11);1-2H3. The molecule has 0 bridgehead atoms. The molecule has 13 heavy (non-hydrogen) atoms. The average Bonchev–Trinajstić information content (AvgIpc) is 2.21. The molecule has 2 nitrogen and oxygen atoms in total. The smallest absolute Gasteiger partial charge is 0.343 e. The zero-order valence-electron chi connectivity index (χ0n) is 7.70. The SMILES string of the molecule is CC.O=C(O)C(F)c1ccccc1. The molecule has 0 fully saturated rings. The van der Waals surface area contributed by atoms with Gasteiger partial charge in [-0.1, -0.05) is 44.2 Å². The third-order valence-electron chi connectivity index (χ3n) is 1.31. The van der Waals surface area contributed by atoms with Gasteiger partial charge in [-0.05, 0) is 5.56 Å². The molecule has 1 N–H and O–H groups in total. The Kier molecular flexibility index (Phi) is 5.52. The molecule has 1 rings (SSSR count). The third-order valence-corrected chi connectivity index (χ3v) is 1.31. The molecule has 0 aliphatic heterocycles. The molecule has 0 saturated heterocycles. The number of benzene rings is 1. The summed E-state index contributed by atoms with van der Waals surface area (Å²) in [6.45, 7) is 4.00. The lowest BCUT2D eigenvalue weighted by Gasteiger charge is -2.00. The first-order chi connectivity index (χ1) is 6.22. The number of alkyl halides is 1. The van der Waals surface area contributed by atoms with Crippen LogP contribution in [0.25, 0.3) is 0 Å². The molecule has 1 aromatic carbocycles. The first kappa shape index (κ1) is 11.6. The normalized spacial score (nSPS) is 11.0. The molecule has 0 aliphatic carbocycles. The fraction of sp³-hybridized carbons (Fsp3) is 0.300. The van der Waals surface area contributed by atoms with Crippen LogP contribution in [0.1, 0.15) is 25.6 Å². The molecule has 0 radical (unpaired) electrons. The minimum atomic E-state index is -1.91. The monoisotopic (exact) mass is 184 g/mol. The van der Waals surface area contributed by atoms with Gasteiger partial charge in [0.25, 0.3) is 0 Å². The second-order valence-electron chi connectivity index (χ2n) is 2.11. The van der Waals surface area contributed by atoms with Gasteiger partial charge in [0.2, 0.25) is 6.17 Å². The van der Waals surface area contributed by atoms with Gasteiger partial charge in [0.05, 0.1) is 0 Å². The van der Waals surface area contributed by atoms with Gasteiger partial charge in [0.15, 0.2) is 0 Å². The molecule has 0 amide bonds. The molecular formula is C10H13FO2. The number of carboxylic acids is 1. The average molecular weight is 184 g/mol. The highest BCUT2D eigenvalue weighted by Gasteiger charge is 2.16. The van der Waals surface area contributed by atoms with Gasteiger partial charge in [-0.15, -0.1) is 0 Å². The lowest BCUT2D eigenvalue weighted by atomic mass is 10.1. The zero-order valence-corrected chi connectivity index (χ0v) is 7.70. The first-order valence-corrected chi connectivity index (χ1v) is 4.13. The van der Waals surface area contributed by atoms with Crippen LogP contribution in [0, 0.1) is 0 Å². The van der Waals surface area contributed by atoms with Gasteiger partial charge in [-0.3, -0.25) is 0 Å². The summed E-state index contributed by atoms with van der Waals surface area (Å²) in [6.07, 6.45) is -1.91. The van der Waals surface area contributed by atoms with Crippen LogP contribution < -0.4 is 0 Å². The van der Waals surface area contributed by atoms with E-state index in [4.69, 9.17) is 5.11 Å². The lowest BCUT2D eigenvalue weighted by Crippen LogP contribution is -2.05. The molecule has 1 atom stereocenters. The number of halogens is 1. The number of aliphatic carboxylic acids is 1. The van der Waals surface area contributed by atoms with Crippen molar-refractivity contribution in [2.24, 2.45) is 0 Å². The second kappa shape index (κ2) is 6.17. The molecule has 0 aromatic heterocycles. The topological polar surface area (TPSA) is 37.3 Å². The maximum absolute atomic E-state index is 12.7. The predicted molar refractivity (Wildman–Crippen MR) is 49.3 cm³/mol. The van der Waals surface area contributed by atoms with Crippen molar-refractivity contribution < 1.29 is 14.3 Å². The van der Waals surface area contributed by atoms with E-state index in [2.05, 4.69) is 0 Å². The summed E-state index contributed by atoms with van der Waals surface area (Å²) in [7, 11) is 0. The van der Waals surface area contributed by atoms with Gasteiger partial charge in [-0.25, -0.2) is 9.18 Å². The molecule has 0 spiro atoms. The van der Waals surface area contributed by atoms with Crippen LogP contribution in [0.2, 0.25) is 0 Å². The van der Waals surface area contributed by atoms with Gasteiger partial charge < -0.3 is 5.11 Å². The summed E-state index contributed by atoms with van der Waals surface area (Å²) in [4.78, 5) is 10.1. The molecule has 0 heterocycles. The molecule has 1 aromatic rings. The highest BCUT2D eigenvalue weighted by molar-refractivity contribution is 5.74. The fourth-order valence-electron chi connectivity index (χ4n) is 0.765. The van der Waals surface area contributed by atoms with Crippen LogP contribution in [-0.4, -0.2) is 11.1 Å². The maximum Gasteiger partial charge on any atom is 0.343 e. The molecule has 0 aliphatic rings. The van der Waals surface area contributed by atoms with Crippen molar-refractivity contribution in [2.75, 3.05) is 0 Å². The van der Waals surface area contributed by atoms with Gasteiger partial charge in [0.1, 0.15) is 0 Å². The highest BCUT2D eigenvalue weighted by Crippen LogP contribution is 2.15. The van der Waals surface area contributed by atoms with Crippen LogP contribution in [0.3, 0.4) is 0 Å². The molecule has 1 unspecified atom stereocenters. The van der Waals surface area contributed by atoms with E-state index in [1.807, 2.05) is 13.8 Å². The minimum absolute atomic E-state index is 0.181. The third kappa shape index (κ3) is 3.69. The van der Waals surface area contributed by atoms with Crippen molar-refractivity contribution in [3.05, 3.63) is 35.9 Å². The van der Waals surface area contributed by atoms with Crippen molar-refractivity contribution in [1.29, 1.82) is 0 Å². The van der Waals surface area contributed by atoms with Gasteiger partial charge in [0, 0.05) is 0 Å². The number of carboxylic acid groups (broad SMARTS) is 1. The quantitative estimate of drug-likeness (QED) is 0.767. The van der Waals surface area contributed by atoms with E-state index in [1.54, 1.807) is 18.2 Å². The Morgan fingerprint density at radius 2 is 1.77 bits per heavy atom. The summed E-state index contributed by atoms with van der Waals surface area (Å²) in [5.41, 5.74) is 0.181. The molecular weight excluding hydrogens is 171 g/mol. The molecule has 3 heteroatoms. The van der Waals surface area contributed by atoms with Crippen molar-refractivity contribution in [2.45, 2.75) is 20.0 Å². The summed E-state index contributed by atoms with van der Waals surface area (Å²) >= 11 is 0. The van der Waals surface area contributed by atoms with Crippen LogP contribution in [0.15, 0.2) is 30.3 Å².